The fraction of sp³-hybridized carbons (Fsp3) is 0.533. The van der Waals surface area contributed by atoms with Crippen molar-refractivity contribution in [3.8, 4) is 5.75 Å². The van der Waals surface area contributed by atoms with Crippen LogP contribution in [-0.4, -0.2) is 49.8 Å². The minimum absolute atomic E-state index is 0.290. The Labute approximate surface area is 118 Å². The first kappa shape index (κ1) is 13.4. The van der Waals surface area contributed by atoms with Crippen LogP contribution in [0, 0.1) is 0 Å². The second kappa shape index (κ2) is 5.81. The fourth-order valence-corrected chi connectivity index (χ4v) is 2.84. The molecule has 1 atom stereocenters. The molecule has 0 spiro atoms. The number of amides is 1. The molecule has 0 radical (unpaired) electrons. The Bertz CT molecular complexity index is 504. The van der Waals surface area contributed by atoms with Crippen LogP contribution in [0.1, 0.15) is 11.1 Å². The Morgan fingerprint density at radius 2 is 2.30 bits per heavy atom. The smallest absolute Gasteiger partial charge is 0.237 e. The van der Waals surface area contributed by atoms with E-state index in [0.29, 0.717) is 13.2 Å². The molecule has 2 heterocycles. The lowest BCUT2D eigenvalue weighted by molar-refractivity contribution is -0.129. The number of nitrogens with two attached hydrogens (primary N) is 1. The molecule has 5 heteroatoms. The van der Waals surface area contributed by atoms with E-state index in [1.807, 2.05) is 6.07 Å². The Morgan fingerprint density at radius 1 is 1.40 bits per heavy atom. The van der Waals surface area contributed by atoms with Crippen LogP contribution in [-0.2, 0) is 22.4 Å². The maximum Gasteiger partial charge on any atom is 0.237 e. The number of ether oxygens (including phenoxy) is 2. The van der Waals surface area contributed by atoms with Crippen molar-refractivity contribution in [1.82, 2.24) is 4.90 Å². The van der Waals surface area contributed by atoms with Crippen LogP contribution in [0.25, 0.3) is 0 Å². The first-order valence-corrected chi connectivity index (χ1v) is 7.10. The van der Waals surface area contributed by atoms with Gasteiger partial charge in [-0.3, -0.25) is 9.69 Å². The van der Waals surface area contributed by atoms with E-state index in [2.05, 4.69) is 17.0 Å². The highest BCUT2D eigenvalue weighted by molar-refractivity contribution is 5.80. The van der Waals surface area contributed by atoms with Gasteiger partial charge in [0.05, 0.1) is 19.8 Å². The SMILES string of the molecule is NC(=O)[C@H]1COCCN1CCc1ccc2c(c1)CCO2. The molecule has 1 amide bonds. The number of morpholine rings is 1. The third-order valence-corrected chi connectivity index (χ3v) is 4.01. The molecule has 0 aromatic heterocycles. The minimum atomic E-state index is -0.299. The highest BCUT2D eigenvalue weighted by atomic mass is 16.5. The molecule has 1 aromatic carbocycles. The number of carbonyl (C=O) groups excluding carboxylic acids is 1. The molecule has 1 fully saturated rings. The summed E-state index contributed by atoms with van der Waals surface area (Å²) in [6.07, 6.45) is 1.90. The number of nitrogens with zero attached hydrogens (tertiary/aromatic N) is 1. The van der Waals surface area contributed by atoms with Crippen molar-refractivity contribution in [2.24, 2.45) is 5.73 Å². The van der Waals surface area contributed by atoms with Gasteiger partial charge in [0.2, 0.25) is 5.91 Å². The summed E-state index contributed by atoms with van der Waals surface area (Å²) in [4.78, 5) is 13.5. The van der Waals surface area contributed by atoms with Gasteiger partial charge in [-0.05, 0) is 23.6 Å². The largest absolute Gasteiger partial charge is 0.493 e. The molecular weight excluding hydrogens is 256 g/mol. The van der Waals surface area contributed by atoms with Gasteiger partial charge in [0.1, 0.15) is 11.8 Å². The molecule has 0 unspecified atom stereocenters. The van der Waals surface area contributed by atoms with E-state index in [9.17, 15) is 4.79 Å². The lowest BCUT2D eigenvalue weighted by Crippen LogP contribution is -2.52. The van der Waals surface area contributed by atoms with Crippen molar-refractivity contribution >= 4 is 5.91 Å². The average molecular weight is 276 g/mol. The quantitative estimate of drug-likeness (QED) is 0.862. The Kier molecular flexibility index (Phi) is 3.89. The van der Waals surface area contributed by atoms with Gasteiger partial charge in [-0.1, -0.05) is 12.1 Å². The van der Waals surface area contributed by atoms with Gasteiger partial charge in [0.25, 0.3) is 0 Å². The molecule has 3 rings (SSSR count). The van der Waals surface area contributed by atoms with Gasteiger partial charge in [-0.25, -0.2) is 0 Å². The first-order valence-electron chi connectivity index (χ1n) is 7.10. The number of hydrogen-bond donors (Lipinski definition) is 1. The molecule has 0 bridgehead atoms. The second-order valence-electron chi connectivity index (χ2n) is 5.32. The van der Waals surface area contributed by atoms with Crippen LogP contribution in [0.5, 0.6) is 5.75 Å². The van der Waals surface area contributed by atoms with Gasteiger partial charge >= 0.3 is 0 Å². The number of fused-ring (bicyclic) bond motifs is 1. The van der Waals surface area contributed by atoms with Gasteiger partial charge in [0.15, 0.2) is 0 Å². The summed E-state index contributed by atoms with van der Waals surface area (Å²) < 4.78 is 10.8. The zero-order valence-corrected chi connectivity index (χ0v) is 11.5. The Morgan fingerprint density at radius 3 is 3.15 bits per heavy atom. The van der Waals surface area contributed by atoms with Crippen molar-refractivity contribution < 1.29 is 14.3 Å². The van der Waals surface area contributed by atoms with E-state index in [1.165, 1.54) is 11.1 Å². The molecule has 2 N–H and O–H groups in total. The van der Waals surface area contributed by atoms with E-state index in [-0.39, 0.29) is 11.9 Å². The summed E-state index contributed by atoms with van der Waals surface area (Å²) in [6.45, 7) is 3.46. The molecule has 108 valence electrons. The van der Waals surface area contributed by atoms with Crippen LogP contribution in [0.3, 0.4) is 0 Å². The molecular formula is C15H20N2O3. The van der Waals surface area contributed by atoms with Crippen LogP contribution < -0.4 is 10.5 Å². The van der Waals surface area contributed by atoms with Gasteiger partial charge in [-0.15, -0.1) is 0 Å². The van der Waals surface area contributed by atoms with Gasteiger partial charge in [0, 0.05) is 19.5 Å². The molecule has 2 aliphatic rings. The van der Waals surface area contributed by atoms with Gasteiger partial charge in [-0.2, -0.15) is 0 Å². The van der Waals surface area contributed by atoms with E-state index in [1.54, 1.807) is 0 Å². The Balaban J connectivity index is 1.62. The summed E-state index contributed by atoms with van der Waals surface area (Å²) in [5, 5.41) is 0. The summed E-state index contributed by atoms with van der Waals surface area (Å²) in [7, 11) is 0. The van der Waals surface area contributed by atoms with Crippen molar-refractivity contribution in [2.45, 2.75) is 18.9 Å². The van der Waals surface area contributed by atoms with E-state index < -0.39 is 0 Å². The molecule has 20 heavy (non-hydrogen) atoms. The van der Waals surface area contributed by atoms with Crippen molar-refractivity contribution in [3.63, 3.8) is 0 Å². The lowest BCUT2D eigenvalue weighted by atomic mass is 10.1. The minimum Gasteiger partial charge on any atom is -0.493 e. The van der Waals surface area contributed by atoms with Crippen LogP contribution in [0.4, 0.5) is 0 Å². The van der Waals surface area contributed by atoms with Crippen molar-refractivity contribution in [2.75, 3.05) is 32.9 Å². The maximum absolute atomic E-state index is 11.4. The predicted molar refractivity (Wildman–Crippen MR) is 74.7 cm³/mol. The first-order chi connectivity index (χ1) is 9.74. The van der Waals surface area contributed by atoms with E-state index in [0.717, 1.165) is 38.3 Å². The maximum atomic E-state index is 11.4. The van der Waals surface area contributed by atoms with Crippen LogP contribution in [0.2, 0.25) is 0 Å². The van der Waals surface area contributed by atoms with Crippen LogP contribution >= 0.6 is 0 Å². The van der Waals surface area contributed by atoms with E-state index >= 15 is 0 Å². The third kappa shape index (κ3) is 2.78. The highest BCUT2D eigenvalue weighted by Crippen LogP contribution is 2.26. The summed E-state index contributed by atoms with van der Waals surface area (Å²) in [5.74, 6) is 0.710. The second-order valence-corrected chi connectivity index (χ2v) is 5.32. The average Bonchev–Trinajstić information content (AvgIpc) is 2.92. The third-order valence-electron chi connectivity index (χ3n) is 4.01. The monoisotopic (exact) mass is 276 g/mol. The molecule has 0 aliphatic carbocycles. The predicted octanol–water partition coefficient (Wildman–Crippen LogP) is 0.350. The Hall–Kier alpha value is -1.59. The number of rotatable bonds is 4. The van der Waals surface area contributed by atoms with Crippen LogP contribution in [0.15, 0.2) is 18.2 Å². The molecule has 2 aliphatic heterocycles. The number of carbonyl (C=O) groups is 1. The number of hydrogen-bond acceptors (Lipinski definition) is 4. The standard InChI is InChI=1S/C15H20N2O3/c16-15(18)13-10-19-8-6-17(13)5-3-11-1-2-14-12(9-11)4-7-20-14/h1-2,9,13H,3-8,10H2,(H2,16,18)/t13-/m1/s1. The molecule has 1 aromatic rings. The zero-order valence-electron chi connectivity index (χ0n) is 11.5. The highest BCUT2D eigenvalue weighted by Gasteiger charge is 2.27. The molecule has 1 saturated heterocycles. The normalized spacial score (nSPS) is 22.3. The van der Waals surface area contributed by atoms with Crippen molar-refractivity contribution in [3.05, 3.63) is 29.3 Å². The summed E-state index contributed by atoms with van der Waals surface area (Å²) in [6, 6.07) is 6.07. The van der Waals surface area contributed by atoms with Crippen molar-refractivity contribution in [1.29, 1.82) is 0 Å². The van der Waals surface area contributed by atoms with Gasteiger partial charge < -0.3 is 15.2 Å². The van der Waals surface area contributed by atoms with E-state index in [4.69, 9.17) is 15.2 Å². The fourth-order valence-electron chi connectivity index (χ4n) is 2.84. The summed E-state index contributed by atoms with van der Waals surface area (Å²) in [5.41, 5.74) is 7.99. The molecule has 0 saturated carbocycles. The topological polar surface area (TPSA) is 64.8 Å². The number of primary amides is 1. The molecule has 5 nitrogen and oxygen atoms in total. The number of benzene rings is 1. The lowest BCUT2D eigenvalue weighted by Gasteiger charge is -2.33. The zero-order chi connectivity index (χ0) is 13.9. The summed E-state index contributed by atoms with van der Waals surface area (Å²) >= 11 is 0.